The molecule has 18 heavy (non-hydrogen) atoms. The van der Waals surface area contributed by atoms with Gasteiger partial charge in [-0.1, -0.05) is 0 Å². The van der Waals surface area contributed by atoms with Crippen LogP contribution in [-0.2, 0) is 10.0 Å². The van der Waals surface area contributed by atoms with Crippen LogP contribution in [-0.4, -0.2) is 20.6 Å². The summed E-state index contributed by atoms with van der Waals surface area (Å²) in [6, 6.07) is 4.61. The highest BCUT2D eigenvalue weighted by molar-refractivity contribution is 7.89. The van der Waals surface area contributed by atoms with Gasteiger partial charge in [-0.15, -0.1) is 0 Å². The summed E-state index contributed by atoms with van der Waals surface area (Å²) in [5.74, 6) is 0.853. The molecule has 0 aliphatic heterocycles. The quantitative estimate of drug-likeness (QED) is 0.883. The minimum absolute atomic E-state index is 0.0145. The SMILES string of the molecule is CC(C)Oc1cc(OC2CC2)ccc1S(N)(=O)=O. The van der Waals surface area contributed by atoms with Crippen molar-refractivity contribution < 1.29 is 17.9 Å². The summed E-state index contributed by atoms with van der Waals surface area (Å²) in [5.41, 5.74) is 0. The van der Waals surface area contributed by atoms with Gasteiger partial charge < -0.3 is 9.47 Å². The normalized spacial score (nSPS) is 15.8. The molecule has 1 aliphatic carbocycles. The van der Waals surface area contributed by atoms with Crippen LogP contribution in [0.25, 0.3) is 0 Å². The average molecular weight is 271 g/mol. The molecule has 1 aromatic rings. The van der Waals surface area contributed by atoms with Crippen molar-refractivity contribution in [3.05, 3.63) is 18.2 Å². The molecule has 0 saturated heterocycles. The van der Waals surface area contributed by atoms with Crippen molar-refractivity contribution in [2.75, 3.05) is 0 Å². The first kappa shape index (κ1) is 13.2. The number of sulfonamides is 1. The number of primary sulfonamides is 1. The van der Waals surface area contributed by atoms with Crippen molar-refractivity contribution in [1.29, 1.82) is 0 Å². The molecule has 6 heteroatoms. The number of ether oxygens (including phenoxy) is 2. The molecular formula is C12H17NO4S. The lowest BCUT2D eigenvalue weighted by Crippen LogP contribution is -2.16. The maximum Gasteiger partial charge on any atom is 0.241 e. The first-order valence-corrected chi connectivity index (χ1v) is 7.41. The molecule has 0 radical (unpaired) electrons. The minimum atomic E-state index is -3.79. The Bertz CT molecular complexity index is 535. The molecule has 100 valence electrons. The fourth-order valence-electron chi connectivity index (χ4n) is 1.52. The molecule has 0 bridgehead atoms. The maximum absolute atomic E-state index is 11.4. The Balaban J connectivity index is 2.34. The predicted octanol–water partition coefficient (Wildman–Crippen LogP) is 1.66. The van der Waals surface area contributed by atoms with E-state index in [0.717, 1.165) is 12.8 Å². The molecular weight excluding hydrogens is 254 g/mol. The molecule has 1 aliphatic rings. The van der Waals surface area contributed by atoms with E-state index in [1.165, 1.54) is 6.07 Å². The zero-order valence-corrected chi connectivity index (χ0v) is 11.2. The fraction of sp³-hybridized carbons (Fsp3) is 0.500. The highest BCUT2D eigenvalue weighted by Gasteiger charge is 2.24. The molecule has 0 heterocycles. The van der Waals surface area contributed by atoms with E-state index in [2.05, 4.69) is 0 Å². The van der Waals surface area contributed by atoms with Crippen LogP contribution in [0, 0.1) is 0 Å². The predicted molar refractivity (Wildman–Crippen MR) is 67.2 cm³/mol. The van der Waals surface area contributed by atoms with Gasteiger partial charge in [-0.25, -0.2) is 13.6 Å². The van der Waals surface area contributed by atoms with E-state index in [4.69, 9.17) is 14.6 Å². The topological polar surface area (TPSA) is 78.6 Å². The molecule has 1 saturated carbocycles. The van der Waals surface area contributed by atoms with Gasteiger partial charge in [-0.3, -0.25) is 0 Å². The van der Waals surface area contributed by atoms with E-state index < -0.39 is 10.0 Å². The molecule has 0 unspecified atom stereocenters. The summed E-state index contributed by atoms with van der Waals surface area (Å²) in [6.07, 6.45) is 2.19. The van der Waals surface area contributed by atoms with Crippen molar-refractivity contribution in [3.8, 4) is 11.5 Å². The lowest BCUT2D eigenvalue weighted by molar-refractivity contribution is 0.233. The van der Waals surface area contributed by atoms with Crippen LogP contribution in [0.2, 0.25) is 0 Å². The zero-order valence-electron chi connectivity index (χ0n) is 10.4. The summed E-state index contributed by atoms with van der Waals surface area (Å²) in [6.45, 7) is 3.64. The van der Waals surface area contributed by atoms with Gasteiger partial charge in [0.05, 0.1) is 12.2 Å². The van der Waals surface area contributed by atoms with Crippen LogP contribution >= 0.6 is 0 Å². The van der Waals surface area contributed by atoms with Gasteiger partial charge in [0.1, 0.15) is 16.4 Å². The summed E-state index contributed by atoms with van der Waals surface area (Å²) >= 11 is 0. The van der Waals surface area contributed by atoms with Crippen molar-refractivity contribution in [1.82, 2.24) is 0 Å². The smallest absolute Gasteiger partial charge is 0.241 e. The second-order valence-corrected chi connectivity index (χ2v) is 6.17. The fourth-order valence-corrected chi connectivity index (χ4v) is 2.17. The third kappa shape index (κ3) is 3.36. The molecule has 0 spiro atoms. The van der Waals surface area contributed by atoms with E-state index in [-0.39, 0.29) is 22.9 Å². The largest absolute Gasteiger partial charge is 0.490 e. The lowest BCUT2D eigenvalue weighted by Gasteiger charge is -2.14. The van der Waals surface area contributed by atoms with Gasteiger partial charge in [-0.2, -0.15) is 0 Å². The third-order valence-corrected chi connectivity index (χ3v) is 3.36. The molecule has 0 aromatic heterocycles. The van der Waals surface area contributed by atoms with Crippen molar-refractivity contribution >= 4 is 10.0 Å². The van der Waals surface area contributed by atoms with Crippen molar-refractivity contribution in [2.24, 2.45) is 5.14 Å². The summed E-state index contributed by atoms with van der Waals surface area (Å²) in [5, 5.41) is 5.15. The number of hydrogen-bond acceptors (Lipinski definition) is 4. The Kier molecular flexibility index (Phi) is 3.49. The van der Waals surface area contributed by atoms with Gasteiger partial charge in [-0.05, 0) is 38.8 Å². The Morgan fingerprint density at radius 1 is 1.33 bits per heavy atom. The Labute approximate surface area is 107 Å². The lowest BCUT2D eigenvalue weighted by atomic mass is 10.3. The second kappa shape index (κ2) is 4.78. The van der Waals surface area contributed by atoms with Gasteiger partial charge in [0, 0.05) is 6.07 Å². The van der Waals surface area contributed by atoms with Crippen molar-refractivity contribution in [3.63, 3.8) is 0 Å². The van der Waals surface area contributed by atoms with Crippen LogP contribution in [0.1, 0.15) is 26.7 Å². The van der Waals surface area contributed by atoms with Gasteiger partial charge >= 0.3 is 0 Å². The maximum atomic E-state index is 11.4. The molecule has 0 atom stereocenters. The number of rotatable bonds is 5. The summed E-state index contributed by atoms with van der Waals surface area (Å²) in [7, 11) is -3.79. The molecule has 5 nitrogen and oxygen atoms in total. The third-order valence-electron chi connectivity index (χ3n) is 2.41. The minimum Gasteiger partial charge on any atom is -0.490 e. The monoisotopic (exact) mass is 271 g/mol. The zero-order chi connectivity index (χ0) is 13.3. The summed E-state index contributed by atoms with van der Waals surface area (Å²) in [4.78, 5) is -0.0145. The first-order valence-electron chi connectivity index (χ1n) is 5.86. The van der Waals surface area contributed by atoms with Crippen LogP contribution in [0.5, 0.6) is 11.5 Å². The number of benzene rings is 1. The van der Waals surface area contributed by atoms with E-state index in [9.17, 15) is 8.42 Å². The summed E-state index contributed by atoms with van der Waals surface area (Å²) < 4.78 is 34.0. The van der Waals surface area contributed by atoms with Crippen LogP contribution in [0.4, 0.5) is 0 Å². The van der Waals surface area contributed by atoms with E-state index >= 15 is 0 Å². The Morgan fingerprint density at radius 3 is 2.50 bits per heavy atom. The van der Waals surface area contributed by atoms with Gasteiger partial charge in [0.25, 0.3) is 0 Å². The average Bonchev–Trinajstić information content (AvgIpc) is 2.98. The van der Waals surface area contributed by atoms with Crippen LogP contribution in [0.3, 0.4) is 0 Å². The Morgan fingerprint density at radius 2 is 2.00 bits per heavy atom. The second-order valence-electron chi connectivity index (χ2n) is 4.64. The van der Waals surface area contributed by atoms with Crippen molar-refractivity contribution in [2.45, 2.75) is 43.8 Å². The Hall–Kier alpha value is -1.27. The highest BCUT2D eigenvalue weighted by Crippen LogP contribution is 2.32. The number of hydrogen-bond donors (Lipinski definition) is 1. The molecule has 0 amide bonds. The van der Waals surface area contributed by atoms with Crippen LogP contribution in [0.15, 0.2) is 23.1 Å². The highest BCUT2D eigenvalue weighted by atomic mass is 32.2. The van der Waals surface area contributed by atoms with Gasteiger partial charge in [0.2, 0.25) is 10.0 Å². The van der Waals surface area contributed by atoms with E-state index in [1.54, 1.807) is 12.1 Å². The standard InChI is InChI=1S/C12H17NO4S/c1-8(2)16-11-7-10(17-9-3-4-9)5-6-12(11)18(13,14)15/h5-9H,3-4H2,1-2H3,(H2,13,14,15). The number of nitrogens with two attached hydrogens (primary N) is 1. The molecule has 1 fully saturated rings. The molecule has 2 N–H and O–H groups in total. The van der Waals surface area contributed by atoms with E-state index in [1.807, 2.05) is 13.8 Å². The first-order chi connectivity index (χ1) is 8.36. The molecule has 2 rings (SSSR count). The van der Waals surface area contributed by atoms with E-state index in [0.29, 0.717) is 5.75 Å². The molecule has 1 aromatic carbocycles. The van der Waals surface area contributed by atoms with Gasteiger partial charge in [0.15, 0.2) is 0 Å². The van der Waals surface area contributed by atoms with Crippen LogP contribution < -0.4 is 14.6 Å².